The van der Waals surface area contributed by atoms with Crippen LogP contribution in [0.2, 0.25) is 0 Å². The van der Waals surface area contributed by atoms with Crippen LogP contribution in [0.4, 0.5) is 0 Å². The van der Waals surface area contributed by atoms with Crippen molar-refractivity contribution in [1.82, 2.24) is 14.4 Å². The molecular formula is C13H18BrN3O2. The summed E-state index contributed by atoms with van der Waals surface area (Å²) in [5, 5.41) is 0. The molecule has 5 nitrogen and oxygen atoms in total. The summed E-state index contributed by atoms with van der Waals surface area (Å²) in [6, 6.07) is 3.33. The first-order valence-corrected chi connectivity index (χ1v) is 7.10. The van der Waals surface area contributed by atoms with Gasteiger partial charge in [0.25, 0.3) is 5.56 Å². The van der Waals surface area contributed by atoms with E-state index in [-0.39, 0.29) is 24.1 Å². The first-order valence-electron chi connectivity index (χ1n) is 6.31. The smallest absolute Gasteiger partial charge is 0.251 e. The van der Waals surface area contributed by atoms with Crippen molar-refractivity contribution in [2.45, 2.75) is 19.5 Å². The number of carbonyl (C=O) groups is 1. The van der Waals surface area contributed by atoms with Gasteiger partial charge in [-0.15, -0.1) is 0 Å². The highest BCUT2D eigenvalue weighted by molar-refractivity contribution is 9.10. The van der Waals surface area contributed by atoms with Gasteiger partial charge in [-0.25, -0.2) is 0 Å². The lowest BCUT2D eigenvalue weighted by Crippen LogP contribution is -2.53. The Hall–Kier alpha value is -1.14. The maximum Gasteiger partial charge on any atom is 0.251 e. The molecule has 1 saturated heterocycles. The minimum atomic E-state index is -0.154. The van der Waals surface area contributed by atoms with E-state index in [0.29, 0.717) is 0 Å². The molecule has 19 heavy (non-hydrogen) atoms. The SMILES string of the molecule is C[C@@H]1CN(C)CCN1C(=O)Cn1cc(Br)ccc1=O. The molecule has 1 aliphatic heterocycles. The van der Waals surface area contributed by atoms with Crippen molar-refractivity contribution < 1.29 is 4.79 Å². The predicted molar refractivity (Wildman–Crippen MR) is 77.1 cm³/mol. The van der Waals surface area contributed by atoms with Gasteiger partial charge in [-0.3, -0.25) is 9.59 Å². The van der Waals surface area contributed by atoms with Gasteiger partial charge in [0.1, 0.15) is 6.54 Å². The first-order chi connectivity index (χ1) is 8.97. The number of halogens is 1. The fourth-order valence-electron chi connectivity index (χ4n) is 2.37. The van der Waals surface area contributed by atoms with Crippen molar-refractivity contribution >= 4 is 21.8 Å². The van der Waals surface area contributed by atoms with E-state index in [0.717, 1.165) is 24.1 Å². The third-order valence-electron chi connectivity index (χ3n) is 3.40. The molecule has 2 heterocycles. The van der Waals surface area contributed by atoms with Crippen LogP contribution in [0.5, 0.6) is 0 Å². The van der Waals surface area contributed by atoms with Gasteiger partial charge in [-0.1, -0.05) is 0 Å². The lowest BCUT2D eigenvalue weighted by Gasteiger charge is -2.38. The first kappa shape index (κ1) is 14.3. The molecule has 1 atom stereocenters. The molecular weight excluding hydrogens is 310 g/mol. The number of amides is 1. The van der Waals surface area contributed by atoms with Crippen LogP contribution in [0.3, 0.4) is 0 Å². The summed E-state index contributed by atoms with van der Waals surface area (Å²) in [7, 11) is 2.05. The van der Waals surface area contributed by atoms with E-state index in [4.69, 9.17) is 0 Å². The standard InChI is InChI=1S/C13H18BrN3O2/c1-10-7-15(2)5-6-17(10)13(19)9-16-8-11(14)3-4-12(16)18/h3-4,8,10H,5-7,9H2,1-2H3/t10-/m1/s1. The highest BCUT2D eigenvalue weighted by atomic mass is 79.9. The molecule has 0 unspecified atom stereocenters. The molecule has 0 bridgehead atoms. The van der Waals surface area contributed by atoms with Gasteiger partial charge < -0.3 is 14.4 Å². The fraction of sp³-hybridized carbons (Fsp3) is 0.538. The van der Waals surface area contributed by atoms with E-state index in [2.05, 4.69) is 27.9 Å². The second-order valence-electron chi connectivity index (χ2n) is 5.01. The highest BCUT2D eigenvalue weighted by Gasteiger charge is 2.25. The van der Waals surface area contributed by atoms with Gasteiger partial charge in [0.2, 0.25) is 5.91 Å². The molecule has 0 saturated carbocycles. The topological polar surface area (TPSA) is 45.5 Å². The monoisotopic (exact) mass is 327 g/mol. The molecule has 0 N–H and O–H groups in total. The Kier molecular flexibility index (Phi) is 4.42. The van der Waals surface area contributed by atoms with E-state index in [1.165, 1.54) is 10.6 Å². The third kappa shape index (κ3) is 3.45. The van der Waals surface area contributed by atoms with E-state index in [9.17, 15) is 9.59 Å². The van der Waals surface area contributed by atoms with Crippen molar-refractivity contribution in [1.29, 1.82) is 0 Å². The van der Waals surface area contributed by atoms with Crippen molar-refractivity contribution in [2.75, 3.05) is 26.7 Å². The predicted octanol–water partition coefficient (Wildman–Crippen LogP) is 0.773. The summed E-state index contributed by atoms with van der Waals surface area (Å²) < 4.78 is 2.24. The maximum atomic E-state index is 12.3. The third-order valence-corrected chi connectivity index (χ3v) is 3.87. The van der Waals surface area contributed by atoms with Gasteiger partial charge in [0.05, 0.1) is 0 Å². The van der Waals surface area contributed by atoms with E-state index < -0.39 is 0 Å². The highest BCUT2D eigenvalue weighted by Crippen LogP contribution is 2.10. The lowest BCUT2D eigenvalue weighted by molar-refractivity contribution is -0.136. The Balaban J connectivity index is 2.09. The van der Waals surface area contributed by atoms with Gasteiger partial charge in [0.15, 0.2) is 0 Å². The van der Waals surface area contributed by atoms with Crippen LogP contribution in [-0.4, -0.2) is 53.0 Å². The molecule has 1 amide bonds. The maximum absolute atomic E-state index is 12.3. The fourth-order valence-corrected chi connectivity index (χ4v) is 2.75. The zero-order valence-corrected chi connectivity index (χ0v) is 12.8. The summed E-state index contributed by atoms with van der Waals surface area (Å²) >= 11 is 3.31. The van der Waals surface area contributed by atoms with Crippen LogP contribution in [0.25, 0.3) is 0 Å². The quantitative estimate of drug-likeness (QED) is 0.806. The molecule has 6 heteroatoms. The Bertz CT molecular complexity index is 529. The summed E-state index contributed by atoms with van der Waals surface area (Å²) in [4.78, 5) is 28.0. The van der Waals surface area contributed by atoms with Crippen molar-refractivity contribution in [3.8, 4) is 0 Å². The minimum absolute atomic E-state index is 0.000741. The number of likely N-dealkylation sites (N-methyl/N-ethyl adjacent to an activating group) is 1. The van der Waals surface area contributed by atoms with Crippen LogP contribution < -0.4 is 5.56 Å². The minimum Gasteiger partial charge on any atom is -0.336 e. The van der Waals surface area contributed by atoms with Gasteiger partial charge >= 0.3 is 0 Å². The molecule has 1 aromatic heterocycles. The molecule has 0 aromatic carbocycles. The lowest BCUT2D eigenvalue weighted by atomic mass is 10.2. The van der Waals surface area contributed by atoms with Crippen LogP contribution in [0.15, 0.2) is 27.6 Å². The molecule has 0 aliphatic carbocycles. The number of carbonyl (C=O) groups excluding carboxylic acids is 1. The van der Waals surface area contributed by atoms with Crippen molar-refractivity contribution in [3.05, 3.63) is 33.2 Å². The number of pyridine rings is 1. The Morgan fingerprint density at radius 3 is 2.84 bits per heavy atom. The average molecular weight is 328 g/mol. The number of aromatic nitrogens is 1. The van der Waals surface area contributed by atoms with Crippen molar-refractivity contribution in [2.24, 2.45) is 0 Å². The summed E-state index contributed by atoms with van der Waals surface area (Å²) in [6.45, 7) is 4.62. The summed E-state index contributed by atoms with van der Waals surface area (Å²) in [6.07, 6.45) is 1.65. The number of piperazine rings is 1. The number of hydrogen-bond donors (Lipinski definition) is 0. The largest absolute Gasteiger partial charge is 0.336 e. The van der Waals surface area contributed by atoms with Crippen LogP contribution in [0, 0.1) is 0 Å². The molecule has 0 radical (unpaired) electrons. The van der Waals surface area contributed by atoms with E-state index in [1.807, 2.05) is 11.8 Å². The average Bonchev–Trinajstić information content (AvgIpc) is 2.33. The molecule has 2 rings (SSSR count). The zero-order valence-electron chi connectivity index (χ0n) is 11.2. The van der Waals surface area contributed by atoms with Gasteiger partial charge in [-0.2, -0.15) is 0 Å². The molecule has 1 aromatic rings. The molecule has 0 spiro atoms. The van der Waals surface area contributed by atoms with E-state index >= 15 is 0 Å². The number of rotatable bonds is 2. The molecule has 1 aliphatic rings. The molecule has 104 valence electrons. The second-order valence-corrected chi connectivity index (χ2v) is 5.93. The zero-order chi connectivity index (χ0) is 14.0. The normalized spacial score (nSPS) is 20.6. The van der Waals surface area contributed by atoms with Gasteiger partial charge in [-0.05, 0) is 36.0 Å². The summed E-state index contributed by atoms with van der Waals surface area (Å²) in [5.74, 6) is 0.000741. The second kappa shape index (κ2) is 5.88. The van der Waals surface area contributed by atoms with Crippen LogP contribution in [-0.2, 0) is 11.3 Å². The Morgan fingerprint density at radius 2 is 2.16 bits per heavy atom. The number of nitrogens with zero attached hydrogens (tertiary/aromatic N) is 3. The number of hydrogen-bond acceptors (Lipinski definition) is 3. The Morgan fingerprint density at radius 1 is 1.42 bits per heavy atom. The van der Waals surface area contributed by atoms with Crippen LogP contribution >= 0.6 is 15.9 Å². The Labute approximate surface area is 120 Å². The van der Waals surface area contributed by atoms with Crippen molar-refractivity contribution in [3.63, 3.8) is 0 Å². The van der Waals surface area contributed by atoms with E-state index in [1.54, 1.807) is 12.3 Å². The summed E-state index contributed by atoms with van der Waals surface area (Å²) in [5.41, 5.74) is -0.154. The van der Waals surface area contributed by atoms with Crippen LogP contribution in [0.1, 0.15) is 6.92 Å². The van der Waals surface area contributed by atoms with Gasteiger partial charge in [0, 0.05) is 42.4 Å². The molecule has 1 fully saturated rings.